The average molecular weight is 178 g/mol. The predicted octanol–water partition coefficient (Wildman–Crippen LogP) is 2.79. The zero-order valence-electron chi connectivity index (χ0n) is 6.70. The molecule has 0 spiro atoms. The van der Waals surface area contributed by atoms with Crippen LogP contribution < -0.4 is 0 Å². The predicted molar refractivity (Wildman–Crippen MR) is 45.8 cm³/mol. The highest BCUT2D eigenvalue weighted by Crippen LogP contribution is 2.29. The van der Waals surface area contributed by atoms with Crippen molar-refractivity contribution in [3.63, 3.8) is 0 Å². The summed E-state index contributed by atoms with van der Waals surface area (Å²) in [4.78, 5) is 0. The average Bonchev–Trinajstić information content (AvgIpc) is 2.49. The number of benzene rings is 1. The molecule has 2 aromatic rings. The van der Waals surface area contributed by atoms with Gasteiger partial charge in [-0.05, 0) is 5.56 Å². The van der Waals surface area contributed by atoms with Gasteiger partial charge in [-0.2, -0.15) is 4.39 Å². The number of halogens is 1. The summed E-state index contributed by atoms with van der Waals surface area (Å²) in [5.41, 5.74) is 0.960. The van der Waals surface area contributed by atoms with Crippen LogP contribution in [-0.2, 0) is 0 Å². The van der Waals surface area contributed by atoms with Gasteiger partial charge in [-0.3, -0.25) is 0 Å². The van der Waals surface area contributed by atoms with Crippen molar-refractivity contribution in [2.45, 2.75) is 0 Å². The number of hydrogen-bond acceptors (Lipinski definition) is 2. The van der Waals surface area contributed by atoms with Crippen LogP contribution in [0.2, 0.25) is 0 Å². The number of aromatic hydroxyl groups is 1. The van der Waals surface area contributed by atoms with E-state index in [0.717, 1.165) is 0 Å². The molecule has 13 heavy (non-hydrogen) atoms. The van der Waals surface area contributed by atoms with Crippen molar-refractivity contribution in [1.82, 2.24) is 0 Å². The molecule has 0 unspecified atom stereocenters. The van der Waals surface area contributed by atoms with E-state index in [9.17, 15) is 4.39 Å². The third kappa shape index (κ3) is 1.28. The lowest BCUT2D eigenvalue weighted by Gasteiger charge is -1.94. The molecule has 0 fully saturated rings. The molecule has 1 aromatic carbocycles. The molecule has 2 nitrogen and oxygen atoms in total. The van der Waals surface area contributed by atoms with Crippen LogP contribution in [0.15, 0.2) is 41.0 Å². The lowest BCUT2D eigenvalue weighted by atomic mass is 10.1. The molecule has 1 aromatic heterocycles. The Kier molecular flexibility index (Phi) is 1.77. The molecule has 0 radical (unpaired) electrons. The van der Waals surface area contributed by atoms with Gasteiger partial charge in [0.05, 0.1) is 5.56 Å². The lowest BCUT2D eigenvalue weighted by molar-refractivity contribution is 0.309. The molecular weight excluding hydrogens is 171 g/mol. The molecule has 0 amide bonds. The number of rotatable bonds is 1. The van der Waals surface area contributed by atoms with Crippen LogP contribution in [0.3, 0.4) is 0 Å². The van der Waals surface area contributed by atoms with Crippen molar-refractivity contribution in [2.24, 2.45) is 0 Å². The van der Waals surface area contributed by atoms with Crippen LogP contribution in [0.1, 0.15) is 0 Å². The maximum absolute atomic E-state index is 13.1. The SMILES string of the molecule is Oc1occ(-c2ccccc2)c1F. The molecular formula is C10H7FO2. The van der Waals surface area contributed by atoms with Crippen LogP contribution in [0.25, 0.3) is 11.1 Å². The van der Waals surface area contributed by atoms with E-state index in [4.69, 9.17) is 5.11 Å². The van der Waals surface area contributed by atoms with Crippen molar-refractivity contribution in [2.75, 3.05) is 0 Å². The van der Waals surface area contributed by atoms with Crippen LogP contribution in [0.5, 0.6) is 5.95 Å². The Hall–Kier alpha value is -1.77. The molecule has 0 aliphatic heterocycles. The molecule has 0 saturated heterocycles. The van der Waals surface area contributed by atoms with E-state index in [-0.39, 0.29) is 5.56 Å². The van der Waals surface area contributed by atoms with Crippen LogP contribution in [-0.4, -0.2) is 5.11 Å². The van der Waals surface area contributed by atoms with Crippen molar-refractivity contribution in [3.05, 3.63) is 42.4 Å². The van der Waals surface area contributed by atoms with Gasteiger partial charge in [-0.25, -0.2) is 0 Å². The summed E-state index contributed by atoms with van der Waals surface area (Å²) in [6.45, 7) is 0. The quantitative estimate of drug-likeness (QED) is 0.728. The normalized spacial score (nSPS) is 10.2. The number of furan rings is 1. The molecule has 1 N–H and O–H groups in total. The maximum Gasteiger partial charge on any atom is 0.320 e. The zero-order valence-corrected chi connectivity index (χ0v) is 6.70. The highest BCUT2D eigenvalue weighted by Gasteiger charge is 2.13. The third-order valence-corrected chi connectivity index (χ3v) is 1.80. The Bertz CT molecular complexity index is 406. The van der Waals surface area contributed by atoms with Gasteiger partial charge in [0.25, 0.3) is 0 Å². The largest absolute Gasteiger partial charge is 0.479 e. The monoisotopic (exact) mass is 178 g/mol. The van der Waals surface area contributed by atoms with Crippen molar-refractivity contribution in [3.8, 4) is 17.1 Å². The fraction of sp³-hybridized carbons (Fsp3) is 0. The summed E-state index contributed by atoms with van der Waals surface area (Å²) in [7, 11) is 0. The molecule has 0 aliphatic rings. The molecule has 3 heteroatoms. The third-order valence-electron chi connectivity index (χ3n) is 1.80. The van der Waals surface area contributed by atoms with Crippen LogP contribution >= 0.6 is 0 Å². The molecule has 0 saturated carbocycles. The standard InChI is InChI=1S/C10H7FO2/c11-9-8(6-13-10(9)12)7-4-2-1-3-5-7/h1-6,12H. The molecule has 0 bridgehead atoms. The minimum atomic E-state index is -0.716. The van der Waals surface area contributed by atoms with E-state index in [0.29, 0.717) is 5.56 Å². The summed E-state index contributed by atoms with van der Waals surface area (Å²) in [5.74, 6) is -1.38. The minimum absolute atomic E-state index is 0.276. The molecule has 66 valence electrons. The Morgan fingerprint density at radius 2 is 1.85 bits per heavy atom. The molecule has 1 heterocycles. The minimum Gasteiger partial charge on any atom is -0.479 e. The molecule has 0 aliphatic carbocycles. The maximum atomic E-state index is 13.1. The highest BCUT2D eigenvalue weighted by molar-refractivity contribution is 5.63. The van der Waals surface area contributed by atoms with E-state index >= 15 is 0 Å². The van der Waals surface area contributed by atoms with Crippen molar-refractivity contribution in [1.29, 1.82) is 0 Å². The summed E-state index contributed by atoms with van der Waals surface area (Å²) in [6, 6.07) is 8.90. The Balaban J connectivity index is 2.53. The fourth-order valence-electron chi connectivity index (χ4n) is 1.15. The molecule has 0 atom stereocenters. The highest BCUT2D eigenvalue weighted by atomic mass is 19.1. The second-order valence-corrected chi connectivity index (χ2v) is 2.63. The second-order valence-electron chi connectivity index (χ2n) is 2.63. The van der Waals surface area contributed by atoms with E-state index in [1.807, 2.05) is 6.07 Å². The first-order valence-electron chi connectivity index (χ1n) is 3.80. The van der Waals surface area contributed by atoms with Crippen LogP contribution in [0.4, 0.5) is 4.39 Å². The van der Waals surface area contributed by atoms with Crippen LogP contribution in [0, 0.1) is 5.82 Å². The zero-order chi connectivity index (χ0) is 9.26. The Labute approximate surface area is 74.2 Å². The van der Waals surface area contributed by atoms with Gasteiger partial charge in [-0.15, -0.1) is 0 Å². The van der Waals surface area contributed by atoms with Gasteiger partial charge >= 0.3 is 5.95 Å². The van der Waals surface area contributed by atoms with Gasteiger partial charge in [0.1, 0.15) is 6.26 Å². The van der Waals surface area contributed by atoms with Gasteiger partial charge in [-0.1, -0.05) is 30.3 Å². The van der Waals surface area contributed by atoms with E-state index in [1.54, 1.807) is 24.3 Å². The van der Waals surface area contributed by atoms with Gasteiger partial charge in [0.15, 0.2) is 0 Å². The van der Waals surface area contributed by atoms with E-state index in [1.165, 1.54) is 6.26 Å². The van der Waals surface area contributed by atoms with E-state index < -0.39 is 11.8 Å². The van der Waals surface area contributed by atoms with Crippen molar-refractivity contribution >= 4 is 0 Å². The summed E-state index contributed by atoms with van der Waals surface area (Å²) < 4.78 is 17.6. The number of hydrogen-bond donors (Lipinski definition) is 1. The van der Waals surface area contributed by atoms with Gasteiger partial charge in [0, 0.05) is 0 Å². The first-order chi connectivity index (χ1) is 6.29. The topological polar surface area (TPSA) is 33.4 Å². The Morgan fingerprint density at radius 1 is 1.15 bits per heavy atom. The summed E-state index contributed by atoms with van der Waals surface area (Å²) in [6.07, 6.45) is 1.19. The Morgan fingerprint density at radius 3 is 2.38 bits per heavy atom. The van der Waals surface area contributed by atoms with Gasteiger partial charge < -0.3 is 9.52 Å². The smallest absolute Gasteiger partial charge is 0.320 e. The summed E-state index contributed by atoms with van der Waals surface area (Å²) >= 11 is 0. The van der Waals surface area contributed by atoms with Crippen molar-refractivity contribution < 1.29 is 13.9 Å². The summed E-state index contributed by atoms with van der Waals surface area (Å²) in [5, 5.41) is 8.86. The molecule has 2 rings (SSSR count). The fourth-order valence-corrected chi connectivity index (χ4v) is 1.15. The van der Waals surface area contributed by atoms with Gasteiger partial charge in [0.2, 0.25) is 5.82 Å². The first-order valence-corrected chi connectivity index (χ1v) is 3.80. The second kappa shape index (κ2) is 2.94. The first kappa shape index (κ1) is 7.86. The van der Waals surface area contributed by atoms with E-state index in [2.05, 4.69) is 4.42 Å². The lowest BCUT2D eigenvalue weighted by Crippen LogP contribution is -1.76.